The lowest BCUT2D eigenvalue weighted by molar-refractivity contribution is -0.384. The minimum atomic E-state index is -3.52. The van der Waals surface area contributed by atoms with Gasteiger partial charge >= 0.3 is 5.97 Å². The van der Waals surface area contributed by atoms with Crippen molar-refractivity contribution in [2.45, 2.75) is 25.8 Å². The monoisotopic (exact) mass is 385 g/mol. The van der Waals surface area contributed by atoms with Crippen molar-refractivity contribution in [3.05, 3.63) is 33.9 Å². The smallest absolute Gasteiger partial charge is 0.324 e. The highest BCUT2D eigenvalue weighted by Crippen LogP contribution is 2.22. The first kappa shape index (κ1) is 19.8. The van der Waals surface area contributed by atoms with Gasteiger partial charge in [-0.2, -0.15) is 4.31 Å². The van der Waals surface area contributed by atoms with Crippen molar-refractivity contribution in [1.82, 2.24) is 4.31 Å². The molecule has 10 nitrogen and oxygen atoms in total. The molecule has 1 saturated heterocycles. The van der Waals surface area contributed by atoms with E-state index in [-0.39, 0.29) is 12.2 Å². The first-order valence-electron chi connectivity index (χ1n) is 7.78. The van der Waals surface area contributed by atoms with Gasteiger partial charge in [0.25, 0.3) is 11.6 Å². The number of anilines is 1. The third-order valence-corrected chi connectivity index (χ3v) is 5.23. The second kappa shape index (κ2) is 7.79. The van der Waals surface area contributed by atoms with Crippen LogP contribution in [-0.2, 0) is 24.3 Å². The van der Waals surface area contributed by atoms with Crippen molar-refractivity contribution in [3.8, 4) is 0 Å². The number of esters is 1. The summed E-state index contributed by atoms with van der Waals surface area (Å²) in [6.07, 6.45) is 1.90. The van der Waals surface area contributed by atoms with E-state index in [1.54, 1.807) is 6.92 Å². The fourth-order valence-corrected chi connectivity index (χ4v) is 3.81. The number of ether oxygens (including phenoxy) is 1. The Labute approximate surface area is 150 Å². The average molecular weight is 385 g/mol. The minimum Gasteiger partial charge on any atom is -0.454 e. The van der Waals surface area contributed by atoms with Crippen molar-refractivity contribution in [2.75, 3.05) is 24.7 Å². The van der Waals surface area contributed by atoms with Crippen molar-refractivity contribution in [3.63, 3.8) is 0 Å². The second-order valence-electron chi connectivity index (χ2n) is 5.94. The van der Waals surface area contributed by atoms with Gasteiger partial charge in [-0.1, -0.05) is 0 Å². The van der Waals surface area contributed by atoms with Crippen LogP contribution in [0, 0.1) is 17.0 Å². The zero-order valence-electron chi connectivity index (χ0n) is 14.3. The van der Waals surface area contributed by atoms with Gasteiger partial charge in [0.15, 0.2) is 6.61 Å². The highest BCUT2D eigenvalue weighted by Gasteiger charge is 2.37. The summed E-state index contributed by atoms with van der Waals surface area (Å²) in [6, 6.07) is 3.02. The number of nitrogens with zero attached hydrogens (tertiary/aromatic N) is 2. The maximum Gasteiger partial charge on any atom is 0.324 e. The van der Waals surface area contributed by atoms with E-state index in [0.717, 1.165) is 10.6 Å². The Hall–Kier alpha value is -2.53. The van der Waals surface area contributed by atoms with Gasteiger partial charge in [-0.05, 0) is 31.4 Å². The highest BCUT2D eigenvalue weighted by atomic mass is 32.2. The number of benzene rings is 1. The van der Waals surface area contributed by atoms with Crippen LogP contribution in [0.5, 0.6) is 0 Å². The summed E-state index contributed by atoms with van der Waals surface area (Å²) in [7, 11) is -3.52. The number of rotatable bonds is 6. The number of carbonyl (C=O) groups is 2. The summed E-state index contributed by atoms with van der Waals surface area (Å²) in [5.74, 6) is -1.40. The van der Waals surface area contributed by atoms with Gasteiger partial charge in [0, 0.05) is 24.4 Å². The largest absolute Gasteiger partial charge is 0.454 e. The summed E-state index contributed by atoms with van der Waals surface area (Å²) in [4.78, 5) is 34.1. The molecule has 1 aromatic carbocycles. The zero-order chi connectivity index (χ0) is 19.5. The first-order chi connectivity index (χ1) is 12.1. The van der Waals surface area contributed by atoms with Gasteiger partial charge in [0.1, 0.15) is 6.04 Å². The van der Waals surface area contributed by atoms with Crippen molar-refractivity contribution in [2.24, 2.45) is 0 Å². The number of nitro benzene ring substituents is 1. The molecule has 1 fully saturated rings. The number of sulfonamides is 1. The lowest BCUT2D eigenvalue weighted by Crippen LogP contribution is -2.41. The summed E-state index contributed by atoms with van der Waals surface area (Å²) in [5.41, 5.74) is 0.738. The van der Waals surface area contributed by atoms with Crippen LogP contribution in [0.4, 0.5) is 11.4 Å². The van der Waals surface area contributed by atoms with Gasteiger partial charge in [-0.15, -0.1) is 0 Å². The maximum atomic E-state index is 12.1. The molecule has 0 unspecified atom stereocenters. The number of hydrogen-bond donors (Lipinski definition) is 1. The Bertz CT molecular complexity index is 838. The van der Waals surface area contributed by atoms with Crippen molar-refractivity contribution < 1.29 is 27.7 Å². The third-order valence-electron chi connectivity index (χ3n) is 3.94. The lowest BCUT2D eigenvalue weighted by Gasteiger charge is -2.20. The average Bonchev–Trinajstić information content (AvgIpc) is 3.04. The van der Waals surface area contributed by atoms with E-state index in [1.165, 1.54) is 18.2 Å². The molecular formula is C15H19N3O7S. The van der Waals surface area contributed by atoms with Gasteiger partial charge in [-0.3, -0.25) is 19.7 Å². The highest BCUT2D eigenvalue weighted by molar-refractivity contribution is 7.88. The van der Waals surface area contributed by atoms with Gasteiger partial charge in [0.2, 0.25) is 10.0 Å². The van der Waals surface area contributed by atoms with Crippen LogP contribution >= 0.6 is 0 Å². The van der Waals surface area contributed by atoms with Crippen LogP contribution in [0.15, 0.2) is 18.2 Å². The Morgan fingerprint density at radius 3 is 2.69 bits per heavy atom. The second-order valence-corrected chi connectivity index (χ2v) is 7.88. The Balaban J connectivity index is 1.93. The summed E-state index contributed by atoms with van der Waals surface area (Å²) in [5, 5.41) is 13.2. The fourth-order valence-electron chi connectivity index (χ4n) is 2.69. The molecule has 0 spiro atoms. The van der Waals surface area contributed by atoms with Gasteiger partial charge in [-0.25, -0.2) is 8.42 Å². The SMILES string of the molecule is Cc1cc([N+](=O)[O-])ccc1NC(=O)COC(=O)[C@@H]1CCCN1S(C)(=O)=O. The predicted octanol–water partition coefficient (Wildman–Crippen LogP) is 0.809. The Morgan fingerprint density at radius 2 is 2.12 bits per heavy atom. The molecule has 1 atom stereocenters. The van der Waals surface area contributed by atoms with Crippen LogP contribution < -0.4 is 5.32 Å². The molecular weight excluding hydrogens is 366 g/mol. The van der Waals surface area contributed by atoms with Crippen LogP contribution in [-0.4, -0.2) is 55.0 Å². The quantitative estimate of drug-likeness (QED) is 0.435. The van der Waals surface area contributed by atoms with Crippen LogP contribution in [0.25, 0.3) is 0 Å². The molecule has 11 heteroatoms. The third kappa shape index (κ3) is 4.76. The zero-order valence-corrected chi connectivity index (χ0v) is 15.1. The maximum absolute atomic E-state index is 12.1. The van der Waals surface area contributed by atoms with E-state index in [0.29, 0.717) is 24.1 Å². The van der Waals surface area contributed by atoms with E-state index in [2.05, 4.69) is 5.32 Å². The Morgan fingerprint density at radius 1 is 1.42 bits per heavy atom. The lowest BCUT2D eigenvalue weighted by atomic mass is 10.2. The molecule has 26 heavy (non-hydrogen) atoms. The molecule has 0 bridgehead atoms. The van der Waals surface area contributed by atoms with Crippen LogP contribution in [0.1, 0.15) is 18.4 Å². The number of nitrogens with one attached hydrogen (secondary N) is 1. The molecule has 0 aromatic heterocycles. The number of non-ortho nitro benzene ring substituents is 1. The number of hydrogen-bond acceptors (Lipinski definition) is 7. The van der Waals surface area contributed by atoms with E-state index < -0.39 is 39.5 Å². The van der Waals surface area contributed by atoms with Gasteiger partial charge in [0.05, 0.1) is 11.2 Å². The van der Waals surface area contributed by atoms with E-state index in [1.807, 2.05) is 0 Å². The molecule has 142 valence electrons. The molecule has 1 heterocycles. The number of amides is 1. The standard InChI is InChI=1S/C15H19N3O7S/c1-10-8-11(18(21)22)5-6-12(10)16-14(19)9-25-15(20)13-4-3-7-17(13)26(2,23)24/h5-6,8,13H,3-4,7,9H2,1-2H3,(H,16,19)/t13-/m0/s1. The van der Waals surface area contributed by atoms with Crippen LogP contribution in [0.2, 0.25) is 0 Å². The van der Waals surface area contributed by atoms with Crippen molar-refractivity contribution in [1.29, 1.82) is 0 Å². The molecule has 1 aliphatic heterocycles. The first-order valence-corrected chi connectivity index (χ1v) is 9.63. The van der Waals surface area contributed by atoms with Gasteiger partial charge < -0.3 is 10.1 Å². The van der Waals surface area contributed by atoms with E-state index >= 15 is 0 Å². The number of nitro groups is 1. The van der Waals surface area contributed by atoms with Crippen LogP contribution in [0.3, 0.4) is 0 Å². The minimum absolute atomic E-state index is 0.103. The number of carbonyl (C=O) groups excluding carboxylic acids is 2. The fraction of sp³-hybridized carbons (Fsp3) is 0.467. The number of aryl methyl sites for hydroxylation is 1. The Kier molecular flexibility index (Phi) is 5.93. The van der Waals surface area contributed by atoms with E-state index in [4.69, 9.17) is 4.74 Å². The predicted molar refractivity (Wildman–Crippen MR) is 92.0 cm³/mol. The van der Waals surface area contributed by atoms with E-state index in [9.17, 15) is 28.1 Å². The summed E-state index contributed by atoms with van der Waals surface area (Å²) in [6.45, 7) is 1.26. The normalized spacial score (nSPS) is 17.7. The van der Waals surface area contributed by atoms with Crippen molar-refractivity contribution >= 4 is 33.3 Å². The molecule has 2 rings (SSSR count). The summed E-state index contributed by atoms with van der Waals surface area (Å²) < 4.78 is 29.2. The summed E-state index contributed by atoms with van der Waals surface area (Å²) >= 11 is 0. The molecule has 1 amide bonds. The molecule has 0 saturated carbocycles. The molecule has 1 aliphatic rings. The molecule has 0 aliphatic carbocycles. The molecule has 1 N–H and O–H groups in total. The topological polar surface area (TPSA) is 136 Å². The molecule has 1 aromatic rings. The molecule has 0 radical (unpaired) electrons.